The van der Waals surface area contributed by atoms with Gasteiger partial charge in [-0.3, -0.25) is 9.69 Å². The molecule has 0 aliphatic carbocycles. The van der Waals surface area contributed by atoms with E-state index in [1.54, 1.807) is 0 Å². The molecule has 4 rings (SSSR count). The summed E-state index contributed by atoms with van der Waals surface area (Å²) >= 11 is 0. The number of benzene rings is 2. The second-order valence-corrected chi connectivity index (χ2v) is 6.50. The number of nitrogens with one attached hydrogen (secondary N) is 2. The number of hydrogen-bond acceptors (Lipinski definition) is 5. The van der Waals surface area contributed by atoms with Gasteiger partial charge < -0.3 is 20.1 Å². The first-order chi connectivity index (χ1) is 12.8. The molecule has 1 fully saturated rings. The van der Waals surface area contributed by atoms with Crippen LogP contribution in [-0.2, 0) is 11.3 Å². The molecule has 0 saturated carbocycles. The highest BCUT2D eigenvalue weighted by atomic mass is 35.5. The third kappa shape index (κ3) is 5.08. The van der Waals surface area contributed by atoms with Gasteiger partial charge in [-0.15, -0.1) is 24.8 Å². The fourth-order valence-corrected chi connectivity index (χ4v) is 3.44. The van der Waals surface area contributed by atoms with Crippen LogP contribution in [0.4, 0.5) is 0 Å². The Morgan fingerprint density at radius 3 is 2.50 bits per heavy atom. The van der Waals surface area contributed by atoms with Gasteiger partial charge in [0.15, 0.2) is 11.5 Å². The number of carbonyl (C=O) groups excluding carboxylic acids is 1. The quantitative estimate of drug-likeness (QED) is 0.770. The summed E-state index contributed by atoms with van der Waals surface area (Å²) in [6.07, 6.45) is 0. The number of halogens is 2. The summed E-state index contributed by atoms with van der Waals surface area (Å²) < 4.78 is 10.7. The van der Waals surface area contributed by atoms with E-state index in [4.69, 9.17) is 9.47 Å². The number of fused-ring (bicyclic) bond motifs is 1. The molecule has 2 heterocycles. The molecule has 2 N–H and O–H groups in total. The second kappa shape index (κ2) is 10.5. The number of nitrogens with zero attached hydrogens (tertiary/aromatic N) is 1. The van der Waals surface area contributed by atoms with Crippen LogP contribution in [0.3, 0.4) is 0 Å². The summed E-state index contributed by atoms with van der Waals surface area (Å²) in [6, 6.07) is 15.5. The molecule has 1 atom stereocenters. The molecule has 2 aliphatic rings. The zero-order valence-electron chi connectivity index (χ0n) is 15.4. The van der Waals surface area contributed by atoms with Gasteiger partial charge in [0.25, 0.3) is 0 Å². The lowest BCUT2D eigenvalue weighted by Crippen LogP contribution is -2.49. The minimum Gasteiger partial charge on any atom is -0.454 e. The van der Waals surface area contributed by atoms with Gasteiger partial charge in [-0.2, -0.15) is 0 Å². The van der Waals surface area contributed by atoms with E-state index in [0.29, 0.717) is 6.54 Å². The van der Waals surface area contributed by atoms with E-state index < -0.39 is 0 Å². The van der Waals surface area contributed by atoms with Crippen molar-refractivity contribution in [3.63, 3.8) is 0 Å². The average Bonchev–Trinajstić information content (AvgIpc) is 3.16. The van der Waals surface area contributed by atoms with Crippen LogP contribution in [0.15, 0.2) is 48.5 Å². The van der Waals surface area contributed by atoms with Crippen molar-refractivity contribution in [1.29, 1.82) is 0 Å². The monoisotopic (exact) mass is 425 g/mol. The lowest BCUT2D eigenvalue weighted by Gasteiger charge is -2.34. The van der Waals surface area contributed by atoms with Crippen molar-refractivity contribution in [2.75, 3.05) is 33.0 Å². The predicted octanol–water partition coefficient (Wildman–Crippen LogP) is 2.52. The first-order valence-corrected chi connectivity index (χ1v) is 8.97. The standard InChI is InChI=1S/C20H23N3O3.2ClH/c24-20(22-13-15-6-7-17-18(12-15)26-14-25-17)19(16-4-2-1-3-5-16)23-10-8-21-9-11-23;;/h1-7,12,19,21H,8-11,13-14H2,(H,22,24);2*1H. The molecule has 1 saturated heterocycles. The van der Waals surface area contributed by atoms with Crippen molar-refractivity contribution in [2.24, 2.45) is 0 Å². The van der Waals surface area contributed by atoms with Crippen molar-refractivity contribution in [3.05, 3.63) is 59.7 Å². The Hall–Kier alpha value is -1.99. The zero-order chi connectivity index (χ0) is 17.8. The molecule has 28 heavy (non-hydrogen) atoms. The lowest BCUT2D eigenvalue weighted by atomic mass is 10.0. The van der Waals surface area contributed by atoms with Crippen LogP contribution in [0.2, 0.25) is 0 Å². The van der Waals surface area contributed by atoms with E-state index in [1.165, 1.54) is 0 Å². The SMILES string of the molecule is Cl.Cl.O=C(NCc1ccc2c(c1)OCO2)C(c1ccccc1)N1CCNCC1. The molecule has 152 valence electrons. The number of rotatable bonds is 5. The van der Waals surface area contributed by atoms with Gasteiger partial charge in [0.2, 0.25) is 12.7 Å². The fraction of sp³-hybridized carbons (Fsp3) is 0.350. The Morgan fingerprint density at radius 1 is 1.04 bits per heavy atom. The minimum atomic E-state index is -0.271. The Labute approximate surface area is 177 Å². The van der Waals surface area contributed by atoms with Gasteiger partial charge >= 0.3 is 0 Å². The molecule has 2 aromatic rings. The molecular weight excluding hydrogens is 401 g/mol. The van der Waals surface area contributed by atoms with Crippen molar-refractivity contribution in [1.82, 2.24) is 15.5 Å². The Kier molecular flexibility index (Phi) is 8.38. The topological polar surface area (TPSA) is 62.8 Å². The van der Waals surface area contributed by atoms with E-state index in [9.17, 15) is 4.79 Å². The van der Waals surface area contributed by atoms with Gasteiger partial charge in [0.1, 0.15) is 6.04 Å². The predicted molar refractivity (Wildman–Crippen MR) is 113 cm³/mol. The molecular formula is C20H25Cl2N3O3. The Balaban J connectivity index is 0.00000140. The summed E-state index contributed by atoms with van der Waals surface area (Å²) in [5.41, 5.74) is 2.02. The van der Waals surface area contributed by atoms with Gasteiger partial charge in [0, 0.05) is 32.7 Å². The van der Waals surface area contributed by atoms with Gasteiger partial charge in [-0.25, -0.2) is 0 Å². The van der Waals surface area contributed by atoms with Gasteiger partial charge in [-0.1, -0.05) is 36.4 Å². The van der Waals surface area contributed by atoms with Crippen molar-refractivity contribution in [3.8, 4) is 11.5 Å². The number of piperazine rings is 1. The largest absolute Gasteiger partial charge is 0.454 e. The van der Waals surface area contributed by atoms with Gasteiger partial charge in [0.05, 0.1) is 0 Å². The van der Waals surface area contributed by atoms with E-state index in [-0.39, 0.29) is 43.6 Å². The number of carbonyl (C=O) groups is 1. The highest BCUT2D eigenvalue weighted by Gasteiger charge is 2.28. The Bertz CT molecular complexity index is 771. The van der Waals surface area contributed by atoms with Crippen LogP contribution in [0.1, 0.15) is 17.2 Å². The van der Waals surface area contributed by atoms with E-state index in [0.717, 1.165) is 48.8 Å². The third-order valence-electron chi connectivity index (χ3n) is 4.78. The molecule has 0 radical (unpaired) electrons. The van der Waals surface area contributed by atoms with Crippen LogP contribution in [-0.4, -0.2) is 43.8 Å². The summed E-state index contributed by atoms with van der Waals surface area (Å²) in [4.78, 5) is 15.3. The maximum atomic E-state index is 13.0. The van der Waals surface area contributed by atoms with E-state index in [1.807, 2.05) is 48.5 Å². The second-order valence-electron chi connectivity index (χ2n) is 6.50. The summed E-state index contributed by atoms with van der Waals surface area (Å²) in [5, 5.41) is 6.43. The third-order valence-corrected chi connectivity index (χ3v) is 4.78. The first-order valence-electron chi connectivity index (χ1n) is 8.97. The zero-order valence-corrected chi connectivity index (χ0v) is 17.1. The van der Waals surface area contributed by atoms with Crippen molar-refractivity contribution >= 4 is 30.7 Å². The first kappa shape index (κ1) is 22.3. The molecule has 1 amide bonds. The normalized spacial score (nSPS) is 16.4. The maximum absolute atomic E-state index is 13.0. The molecule has 0 aromatic heterocycles. The molecule has 2 aliphatic heterocycles. The van der Waals surface area contributed by atoms with Crippen LogP contribution in [0.25, 0.3) is 0 Å². The summed E-state index contributed by atoms with van der Waals surface area (Å²) in [5.74, 6) is 1.51. The lowest BCUT2D eigenvalue weighted by molar-refractivity contribution is -0.127. The highest BCUT2D eigenvalue weighted by Crippen LogP contribution is 2.32. The van der Waals surface area contributed by atoms with Gasteiger partial charge in [-0.05, 0) is 23.3 Å². The van der Waals surface area contributed by atoms with Crippen molar-refractivity contribution < 1.29 is 14.3 Å². The van der Waals surface area contributed by atoms with E-state index in [2.05, 4.69) is 15.5 Å². The van der Waals surface area contributed by atoms with Crippen LogP contribution in [0.5, 0.6) is 11.5 Å². The average molecular weight is 426 g/mol. The molecule has 2 aromatic carbocycles. The van der Waals surface area contributed by atoms with E-state index >= 15 is 0 Å². The number of ether oxygens (including phenoxy) is 2. The molecule has 8 heteroatoms. The van der Waals surface area contributed by atoms with Crippen molar-refractivity contribution in [2.45, 2.75) is 12.6 Å². The summed E-state index contributed by atoms with van der Waals surface area (Å²) in [6.45, 7) is 4.24. The van der Waals surface area contributed by atoms with Crippen LogP contribution < -0.4 is 20.1 Å². The number of amides is 1. The molecule has 0 bridgehead atoms. The smallest absolute Gasteiger partial charge is 0.242 e. The van der Waals surface area contributed by atoms with Crippen LogP contribution >= 0.6 is 24.8 Å². The minimum absolute atomic E-state index is 0. The fourth-order valence-electron chi connectivity index (χ4n) is 3.44. The highest BCUT2D eigenvalue weighted by molar-refractivity contribution is 5.85. The molecule has 1 unspecified atom stereocenters. The number of hydrogen-bond donors (Lipinski definition) is 2. The maximum Gasteiger partial charge on any atom is 0.242 e. The Morgan fingerprint density at radius 2 is 1.75 bits per heavy atom. The van der Waals surface area contributed by atoms with Crippen LogP contribution in [0, 0.1) is 0 Å². The molecule has 0 spiro atoms. The molecule has 6 nitrogen and oxygen atoms in total. The summed E-state index contributed by atoms with van der Waals surface area (Å²) in [7, 11) is 0.